The second-order valence-corrected chi connectivity index (χ2v) is 6.80. The van der Waals surface area contributed by atoms with E-state index in [-0.39, 0.29) is 5.91 Å². The van der Waals surface area contributed by atoms with E-state index >= 15 is 0 Å². The van der Waals surface area contributed by atoms with Gasteiger partial charge in [-0.2, -0.15) is 0 Å². The first-order valence-electron chi connectivity index (χ1n) is 9.24. The topological polar surface area (TPSA) is 66.0 Å². The zero-order chi connectivity index (χ0) is 19.9. The molecule has 1 aliphatic heterocycles. The number of ether oxygens (including phenoxy) is 4. The lowest BCUT2D eigenvalue weighted by Crippen LogP contribution is -2.16. The minimum absolute atomic E-state index is 0.240. The molecule has 0 bridgehead atoms. The summed E-state index contributed by atoms with van der Waals surface area (Å²) < 4.78 is 22.1. The molecule has 6 nitrogen and oxygen atoms in total. The van der Waals surface area contributed by atoms with Gasteiger partial charge in [0.2, 0.25) is 5.91 Å². The standard InChI is InChI=1S/C22H25NO5/c1-15(2)14-28-18-7-4-16(12-20(18)25-3)5-9-22(24)23-17-6-8-19-21(13-17)27-11-10-26-19/h4-9,12-13,15H,10-11,14H2,1-3H3,(H,23,24)/b9-5+. The first kappa shape index (κ1) is 19.6. The summed E-state index contributed by atoms with van der Waals surface area (Å²) >= 11 is 0. The summed E-state index contributed by atoms with van der Waals surface area (Å²) in [6.07, 6.45) is 3.20. The Labute approximate surface area is 165 Å². The summed E-state index contributed by atoms with van der Waals surface area (Å²) in [7, 11) is 1.60. The highest BCUT2D eigenvalue weighted by Gasteiger charge is 2.12. The van der Waals surface area contributed by atoms with Crippen molar-refractivity contribution in [3.8, 4) is 23.0 Å². The molecule has 0 saturated carbocycles. The number of rotatable bonds is 7. The number of amides is 1. The van der Waals surface area contributed by atoms with Crippen molar-refractivity contribution in [2.45, 2.75) is 13.8 Å². The maximum absolute atomic E-state index is 12.2. The van der Waals surface area contributed by atoms with Crippen molar-refractivity contribution in [1.29, 1.82) is 0 Å². The third-order valence-electron chi connectivity index (χ3n) is 4.00. The van der Waals surface area contributed by atoms with Crippen LogP contribution in [0.5, 0.6) is 23.0 Å². The summed E-state index contributed by atoms with van der Waals surface area (Å²) in [6.45, 7) is 5.83. The summed E-state index contributed by atoms with van der Waals surface area (Å²) in [5, 5.41) is 2.82. The summed E-state index contributed by atoms with van der Waals surface area (Å²) in [5.41, 5.74) is 1.49. The van der Waals surface area contributed by atoms with E-state index in [1.807, 2.05) is 18.2 Å². The molecular formula is C22H25NO5. The normalized spacial score (nSPS) is 12.9. The third kappa shape index (κ3) is 5.19. The lowest BCUT2D eigenvalue weighted by molar-refractivity contribution is -0.111. The number of nitrogens with one attached hydrogen (secondary N) is 1. The first-order valence-corrected chi connectivity index (χ1v) is 9.24. The molecule has 2 aromatic rings. The molecule has 148 valence electrons. The largest absolute Gasteiger partial charge is 0.493 e. The molecule has 1 amide bonds. The van der Waals surface area contributed by atoms with E-state index in [4.69, 9.17) is 18.9 Å². The Morgan fingerprint density at radius 2 is 1.89 bits per heavy atom. The van der Waals surface area contributed by atoms with Gasteiger partial charge in [-0.3, -0.25) is 4.79 Å². The molecule has 0 saturated heterocycles. The highest BCUT2D eigenvalue weighted by Crippen LogP contribution is 2.32. The summed E-state index contributed by atoms with van der Waals surface area (Å²) in [6, 6.07) is 10.9. The summed E-state index contributed by atoms with van der Waals surface area (Å²) in [5.74, 6) is 2.83. The molecule has 1 heterocycles. The second kappa shape index (κ2) is 9.17. The van der Waals surface area contributed by atoms with E-state index in [0.717, 1.165) is 5.56 Å². The van der Waals surface area contributed by atoms with Gasteiger partial charge < -0.3 is 24.3 Å². The maximum Gasteiger partial charge on any atom is 0.248 e. The zero-order valence-electron chi connectivity index (χ0n) is 16.4. The van der Waals surface area contributed by atoms with Crippen molar-refractivity contribution >= 4 is 17.7 Å². The van der Waals surface area contributed by atoms with Gasteiger partial charge >= 0.3 is 0 Å². The van der Waals surface area contributed by atoms with Gasteiger partial charge in [0.05, 0.1) is 13.7 Å². The second-order valence-electron chi connectivity index (χ2n) is 6.80. The highest BCUT2D eigenvalue weighted by atomic mass is 16.6. The highest BCUT2D eigenvalue weighted by molar-refractivity contribution is 6.02. The van der Waals surface area contributed by atoms with Gasteiger partial charge in [-0.05, 0) is 41.8 Å². The Kier molecular flexibility index (Phi) is 6.42. The van der Waals surface area contributed by atoms with Crippen LogP contribution in [0.15, 0.2) is 42.5 Å². The van der Waals surface area contributed by atoms with Crippen LogP contribution in [0.25, 0.3) is 6.08 Å². The molecule has 0 unspecified atom stereocenters. The molecule has 0 spiro atoms. The van der Waals surface area contributed by atoms with Crippen LogP contribution >= 0.6 is 0 Å². The fourth-order valence-corrected chi connectivity index (χ4v) is 2.64. The van der Waals surface area contributed by atoms with Gasteiger partial charge in [-0.15, -0.1) is 0 Å². The van der Waals surface area contributed by atoms with Crippen LogP contribution in [0.4, 0.5) is 5.69 Å². The van der Waals surface area contributed by atoms with E-state index in [0.29, 0.717) is 54.4 Å². The molecular weight excluding hydrogens is 358 g/mol. The molecule has 1 aliphatic rings. The van der Waals surface area contributed by atoms with Crippen LogP contribution in [0.1, 0.15) is 19.4 Å². The fourth-order valence-electron chi connectivity index (χ4n) is 2.64. The molecule has 0 aliphatic carbocycles. The Balaban J connectivity index is 1.63. The lowest BCUT2D eigenvalue weighted by atomic mass is 10.2. The number of fused-ring (bicyclic) bond motifs is 1. The van der Waals surface area contributed by atoms with Gasteiger partial charge in [0, 0.05) is 17.8 Å². The molecule has 1 N–H and O–H groups in total. The predicted octanol–water partition coefficient (Wildman–Crippen LogP) is 4.15. The number of hydrogen-bond donors (Lipinski definition) is 1. The van der Waals surface area contributed by atoms with Gasteiger partial charge in [0.25, 0.3) is 0 Å². The number of carbonyl (C=O) groups is 1. The quantitative estimate of drug-likeness (QED) is 0.728. The van der Waals surface area contributed by atoms with Crippen molar-refractivity contribution in [2.75, 3.05) is 32.2 Å². The smallest absolute Gasteiger partial charge is 0.248 e. The molecule has 6 heteroatoms. The van der Waals surface area contributed by atoms with Crippen LogP contribution in [-0.2, 0) is 4.79 Å². The number of hydrogen-bond acceptors (Lipinski definition) is 5. The molecule has 2 aromatic carbocycles. The number of anilines is 1. The number of carbonyl (C=O) groups excluding carboxylic acids is 1. The van der Waals surface area contributed by atoms with Crippen molar-refractivity contribution < 1.29 is 23.7 Å². The average Bonchev–Trinajstić information content (AvgIpc) is 2.70. The van der Waals surface area contributed by atoms with Crippen molar-refractivity contribution in [3.63, 3.8) is 0 Å². The molecule has 0 radical (unpaired) electrons. The molecule has 0 atom stereocenters. The van der Waals surface area contributed by atoms with Gasteiger partial charge in [-0.25, -0.2) is 0 Å². The van der Waals surface area contributed by atoms with Crippen LogP contribution in [-0.4, -0.2) is 32.8 Å². The van der Waals surface area contributed by atoms with Crippen molar-refractivity contribution in [3.05, 3.63) is 48.0 Å². The van der Waals surface area contributed by atoms with Crippen LogP contribution < -0.4 is 24.3 Å². The minimum atomic E-state index is -0.240. The first-order chi connectivity index (χ1) is 13.5. The van der Waals surface area contributed by atoms with E-state index in [9.17, 15) is 4.79 Å². The van der Waals surface area contributed by atoms with Crippen LogP contribution in [0.3, 0.4) is 0 Å². The minimum Gasteiger partial charge on any atom is -0.493 e. The Hall–Kier alpha value is -3.15. The fraction of sp³-hybridized carbons (Fsp3) is 0.318. The average molecular weight is 383 g/mol. The SMILES string of the molecule is COc1cc(/C=C/C(=O)Nc2ccc3c(c2)OCCO3)ccc1OCC(C)C. The number of benzene rings is 2. The predicted molar refractivity (Wildman–Crippen MR) is 108 cm³/mol. The zero-order valence-corrected chi connectivity index (χ0v) is 16.4. The molecule has 3 rings (SSSR count). The number of methoxy groups -OCH3 is 1. The van der Waals surface area contributed by atoms with Gasteiger partial charge in [-0.1, -0.05) is 19.9 Å². The van der Waals surface area contributed by atoms with Crippen LogP contribution in [0, 0.1) is 5.92 Å². The Morgan fingerprint density at radius 3 is 2.64 bits per heavy atom. The van der Waals surface area contributed by atoms with Crippen molar-refractivity contribution in [1.82, 2.24) is 0 Å². The Morgan fingerprint density at radius 1 is 1.11 bits per heavy atom. The Bertz CT molecular complexity index is 860. The van der Waals surface area contributed by atoms with Gasteiger partial charge in [0.15, 0.2) is 23.0 Å². The molecule has 28 heavy (non-hydrogen) atoms. The summed E-state index contributed by atoms with van der Waals surface area (Å²) in [4.78, 5) is 12.2. The molecule has 0 fully saturated rings. The maximum atomic E-state index is 12.2. The van der Waals surface area contributed by atoms with E-state index in [1.165, 1.54) is 6.08 Å². The molecule has 0 aromatic heterocycles. The van der Waals surface area contributed by atoms with Crippen LogP contribution in [0.2, 0.25) is 0 Å². The van der Waals surface area contributed by atoms with E-state index < -0.39 is 0 Å². The van der Waals surface area contributed by atoms with E-state index in [1.54, 1.807) is 31.4 Å². The lowest BCUT2D eigenvalue weighted by Gasteiger charge is -2.18. The van der Waals surface area contributed by atoms with Crippen molar-refractivity contribution in [2.24, 2.45) is 5.92 Å². The van der Waals surface area contributed by atoms with E-state index in [2.05, 4.69) is 19.2 Å². The third-order valence-corrected chi connectivity index (χ3v) is 4.00. The van der Waals surface area contributed by atoms with Gasteiger partial charge in [0.1, 0.15) is 13.2 Å². The monoisotopic (exact) mass is 383 g/mol.